The molecular weight excluding hydrogens is 256 g/mol. The van der Waals surface area contributed by atoms with Crippen LogP contribution in [0.15, 0.2) is 36.7 Å². The molecule has 0 bridgehead atoms. The summed E-state index contributed by atoms with van der Waals surface area (Å²) in [6, 6.07) is 6.59. The lowest BCUT2D eigenvalue weighted by Gasteiger charge is -2.07. The monoisotopic (exact) mass is 272 g/mol. The highest BCUT2D eigenvalue weighted by atomic mass is 16.4. The van der Waals surface area contributed by atoms with Crippen LogP contribution in [-0.4, -0.2) is 34.1 Å². The Morgan fingerprint density at radius 3 is 2.50 bits per heavy atom. The average molecular weight is 272 g/mol. The number of anilines is 1. The second-order valence-electron chi connectivity index (χ2n) is 4.38. The van der Waals surface area contributed by atoms with Crippen molar-refractivity contribution in [3.05, 3.63) is 42.2 Å². The van der Waals surface area contributed by atoms with Crippen molar-refractivity contribution in [1.29, 1.82) is 0 Å². The third-order valence-electron chi connectivity index (χ3n) is 2.93. The smallest absolute Gasteiger partial charge is 0.320 e. The van der Waals surface area contributed by atoms with Crippen LogP contribution in [0.2, 0.25) is 0 Å². The van der Waals surface area contributed by atoms with Crippen LogP contribution in [0, 0.1) is 0 Å². The van der Waals surface area contributed by atoms with Crippen molar-refractivity contribution >= 4 is 11.8 Å². The Labute approximate surface area is 116 Å². The Balaban J connectivity index is 2.12. The maximum absolute atomic E-state index is 10.7. The molecule has 1 unspecified atom stereocenters. The van der Waals surface area contributed by atoms with Crippen molar-refractivity contribution in [3.8, 4) is 11.3 Å². The molecule has 2 aromatic rings. The minimum Gasteiger partial charge on any atom is -0.480 e. The summed E-state index contributed by atoms with van der Waals surface area (Å²) in [5, 5.41) is 11.7. The molecule has 2 rings (SSSR count). The molecule has 0 fully saturated rings. The van der Waals surface area contributed by atoms with Crippen LogP contribution in [0.4, 0.5) is 5.82 Å². The van der Waals surface area contributed by atoms with Crippen molar-refractivity contribution in [2.45, 2.75) is 12.5 Å². The summed E-state index contributed by atoms with van der Waals surface area (Å²) in [4.78, 5) is 19.2. The predicted octanol–water partition coefficient (Wildman–Crippen LogP) is 1.14. The van der Waals surface area contributed by atoms with Crippen molar-refractivity contribution < 1.29 is 9.90 Å². The molecule has 1 aromatic carbocycles. The standard InChI is InChI=1S/C14H16N4O2/c1-16-13-8-17-12(7-18-13)10-4-2-9(3-5-10)6-11(15)14(19)20/h2-5,7-8,11H,6,15H2,1H3,(H,16,18)(H,19,20). The first-order valence-electron chi connectivity index (χ1n) is 6.17. The number of nitrogens with zero attached hydrogens (tertiary/aromatic N) is 2. The molecule has 4 N–H and O–H groups in total. The van der Waals surface area contributed by atoms with Gasteiger partial charge in [0.15, 0.2) is 0 Å². The van der Waals surface area contributed by atoms with E-state index in [-0.39, 0.29) is 0 Å². The molecular formula is C14H16N4O2. The summed E-state index contributed by atoms with van der Waals surface area (Å²) >= 11 is 0. The maximum Gasteiger partial charge on any atom is 0.320 e. The van der Waals surface area contributed by atoms with Gasteiger partial charge in [0.05, 0.1) is 18.1 Å². The van der Waals surface area contributed by atoms with Gasteiger partial charge in [-0.15, -0.1) is 0 Å². The highest BCUT2D eigenvalue weighted by Gasteiger charge is 2.12. The first kappa shape index (κ1) is 14.0. The lowest BCUT2D eigenvalue weighted by Crippen LogP contribution is -2.32. The number of hydrogen-bond acceptors (Lipinski definition) is 5. The van der Waals surface area contributed by atoms with E-state index in [2.05, 4.69) is 15.3 Å². The zero-order valence-electron chi connectivity index (χ0n) is 11.1. The summed E-state index contributed by atoms with van der Waals surface area (Å²) in [6.45, 7) is 0. The molecule has 6 heteroatoms. The third kappa shape index (κ3) is 3.30. The van der Waals surface area contributed by atoms with E-state index in [1.807, 2.05) is 24.3 Å². The fourth-order valence-corrected chi connectivity index (χ4v) is 1.76. The van der Waals surface area contributed by atoms with E-state index < -0.39 is 12.0 Å². The Hall–Kier alpha value is -2.47. The largest absolute Gasteiger partial charge is 0.480 e. The van der Waals surface area contributed by atoms with Gasteiger partial charge in [-0.2, -0.15) is 0 Å². The topological polar surface area (TPSA) is 101 Å². The number of nitrogens with two attached hydrogens (primary N) is 1. The lowest BCUT2D eigenvalue weighted by atomic mass is 10.0. The van der Waals surface area contributed by atoms with Crippen LogP contribution in [-0.2, 0) is 11.2 Å². The maximum atomic E-state index is 10.7. The van der Waals surface area contributed by atoms with Crippen LogP contribution in [0.1, 0.15) is 5.56 Å². The van der Waals surface area contributed by atoms with Crippen molar-refractivity contribution in [2.24, 2.45) is 5.73 Å². The molecule has 0 amide bonds. The predicted molar refractivity (Wildman–Crippen MR) is 76.3 cm³/mol. The average Bonchev–Trinajstić information content (AvgIpc) is 2.48. The van der Waals surface area contributed by atoms with E-state index in [0.717, 1.165) is 16.8 Å². The number of benzene rings is 1. The van der Waals surface area contributed by atoms with E-state index in [1.165, 1.54) is 0 Å². The quantitative estimate of drug-likeness (QED) is 0.754. The number of carboxylic acids is 1. The molecule has 0 aliphatic carbocycles. The normalized spacial score (nSPS) is 11.9. The number of carbonyl (C=O) groups is 1. The second-order valence-corrected chi connectivity index (χ2v) is 4.38. The SMILES string of the molecule is CNc1cnc(-c2ccc(CC(N)C(=O)O)cc2)cn1. The molecule has 20 heavy (non-hydrogen) atoms. The molecule has 0 aliphatic heterocycles. The summed E-state index contributed by atoms with van der Waals surface area (Å²) in [7, 11) is 1.78. The van der Waals surface area contributed by atoms with Gasteiger partial charge >= 0.3 is 5.97 Å². The molecule has 1 aromatic heterocycles. The molecule has 104 valence electrons. The van der Waals surface area contributed by atoms with Gasteiger partial charge in [0.1, 0.15) is 11.9 Å². The summed E-state index contributed by atoms with van der Waals surface area (Å²) in [5.74, 6) is -0.291. The molecule has 0 spiro atoms. The van der Waals surface area contributed by atoms with Crippen LogP contribution >= 0.6 is 0 Å². The van der Waals surface area contributed by atoms with Crippen molar-refractivity contribution in [2.75, 3.05) is 12.4 Å². The fourth-order valence-electron chi connectivity index (χ4n) is 1.76. The first-order valence-corrected chi connectivity index (χ1v) is 6.17. The van der Waals surface area contributed by atoms with Gasteiger partial charge in [0, 0.05) is 12.6 Å². The van der Waals surface area contributed by atoms with Gasteiger partial charge in [-0.05, 0) is 12.0 Å². The van der Waals surface area contributed by atoms with E-state index in [9.17, 15) is 4.79 Å². The fraction of sp³-hybridized carbons (Fsp3) is 0.214. The summed E-state index contributed by atoms with van der Waals surface area (Å²) < 4.78 is 0. The Morgan fingerprint density at radius 2 is 2.00 bits per heavy atom. The van der Waals surface area contributed by atoms with E-state index >= 15 is 0 Å². The molecule has 1 atom stereocenters. The number of aromatic nitrogens is 2. The van der Waals surface area contributed by atoms with Crippen LogP contribution in [0.25, 0.3) is 11.3 Å². The molecule has 1 heterocycles. The molecule has 6 nitrogen and oxygen atoms in total. The minimum absolute atomic E-state index is 0.306. The Morgan fingerprint density at radius 1 is 1.30 bits per heavy atom. The van der Waals surface area contributed by atoms with Gasteiger partial charge in [-0.3, -0.25) is 9.78 Å². The Kier molecular flexibility index (Phi) is 4.27. The molecule has 0 saturated carbocycles. The van der Waals surface area contributed by atoms with Gasteiger partial charge in [-0.1, -0.05) is 24.3 Å². The van der Waals surface area contributed by atoms with E-state index in [0.29, 0.717) is 12.2 Å². The van der Waals surface area contributed by atoms with Gasteiger partial charge < -0.3 is 16.2 Å². The summed E-state index contributed by atoms with van der Waals surface area (Å²) in [6.07, 6.45) is 3.65. The molecule has 0 radical (unpaired) electrons. The minimum atomic E-state index is -0.998. The molecule has 0 saturated heterocycles. The van der Waals surface area contributed by atoms with E-state index in [1.54, 1.807) is 19.4 Å². The van der Waals surface area contributed by atoms with Gasteiger partial charge in [0.2, 0.25) is 0 Å². The van der Waals surface area contributed by atoms with Crippen LogP contribution in [0.5, 0.6) is 0 Å². The van der Waals surface area contributed by atoms with Crippen LogP contribution < -0.4 is 11.1 Å². The number of aliphatic carboxylic acids is 1. The third-order valence-corrected chi connectivity index (χ3v) is 2.93. The number of rotatable bonds is 5. The number of hydrogen-bond donors (Lipinski definition) is 3. The zero-order valence-corrected chi connectivity index (χ0v) is 11.1. The second kappa shape index (κ2) is 6.12. The first-order chi connectivity index (χ1) is 9.60. The summed E-state index contributed by atoms with van der Waals surface area (Å²) in [5.41, 5.74) is 8.06. The lowest BCUT2D eigenvalue weighted by molar-refractivity contribution is -0.138. The Bertz CT molecular complexity index is 581. The van der Waals surface area contributed by atoms with E-state index in [4.69, 9.17) is 10.8 Å². The number of nitrogens with one attached hydrogen (secondary N) is 1. The zero-order chi connectivity index (χ0) is 14.5. The highest BCUT2D eigenvalue weighted by molar-refractivity contribution is 5.73. The van der Waals surface area contributed by atoms with Gasteiger partial charge in [-0.25, -0.2) is 4.98 Å². The highest BCUT2D eigenvalue weighted by Crippen LogP contribution is 2.18. The number of carboxylic acid groups (broad SMARTS) is 1. The van der Waals surface area contributed by atoms with Crippen molar-refractivity contribution in [3.63, 3.8) is 0 Å². The van der Waals surface area contributed by atoms with Crippen LogP contribution in [0.3, 0.4) is 0 Å². The van der Waals surface area contributed by atoms with Gasteiger partial charge in [0.25, 0.3) is 0 Å². The molecule has 0 aliphatic rings. The van der Waals surface area contributed by atoms with Crippen molar-refractivity contribution in [1.82, 2.24) is 9.97 Å².